The maximum absolute atomic E-state index is 11.5. The number of nitrogens with two attached hydrogens (primary N) is 1. The van der Waals surface area contributed by atoms with Crippen molar-refractivity contribution < 1.29 is 13.2 Å². The van der Waals surface area contributed by atoms with E-state index in [4.69, 9.17) is 9.88 Å². The number of hydrogen-bond donors (Lipinski definition) is 1. The van der Waals surface area contributed by atoms with E-state index in [-0.39, 0.29) is 12.4 Å². The Hall–Kier alpha value is -1.74. The van der Waals surface area contributed by atoms with Crippen molar-refractivity contribution >= 4 is 15.7 Å². The summed E-state index contributed by atoms with van der Waals surface area (Å²) in [4.78, 5) is 0. The van der Waals surface area contributed by atoms with Crippen molar-refractivity contribution in [2.75, 3.05) is 12.4 Å². The van der Waals surface area contributed by atoms with Gasteiger partial charge in [0, 0.05) is 11.0 Å². The zero-order valence-corrected chi connectivity index (χ0v) is 13.8. The van der Waals surface area contributed by atoms with Gasteiger partial charge in [-0.3, -0.25) is 0 Å². The van der Waals surface area contributed by atoms with E-state index in [0.717, 1.165) is 5.56 Å². The largest absolute Gasteiger partial charge is 0.476 e. The Balaban J connectivity index is 2.22. The molecular weight excluding hydrogens is 306 g/mol. The second-order valence-corrected chi connectivity index (χ2v) is 7.18. The molecule has 0 aliphatic rings. The van der Waals surface area contributed by atoms with Gasteiger partial charge in [0.05, 0.1) is 12.4 Å². The SMILES string of the molecule is CCC(CC)(COc1nn2cnnc2cc1C)CS(N)(=O)=O. The fourth-order valence-electron chi connectivity index (χ4n) is 2.33. The molecular formula is C13H21N5O3S. The number of rotatable bonds is 7. The van der Waals surface area contributed by atoms with Crippen LogP contribution < -0.4 is 9.88 Å². The molecule has 0 fully saturated rings. The van der Waals surface area contributed by atoms with Crippen LogP contribution in [0.3, 0.4) is 0 Å². The first-order valence-corrected chi connectivity index (χ1v) is 8.81. The molecule has 0 amide bonds. The van der Waals surface area contributed by atoms with Gasteiger partial charge < -0.3 is 4.74 Å². The Morgan fingerprint density at radius 2 is 2.05 bits per heavy atom. The minimum Gasteiger partial charge on any atom is -0.476 e. The Labute approximate surface area is 129 Å². The maximum atomic E-state index is 11.5. The van der Waals surface area contributed by atoms with Crippen LogP contribution in [0.4, 0.5) is 0 Å². The van der Waals surface area contributed by atoms with Gasteiger partial charge in [0.2, 0.25) is 15.9 Å². The summed E-state index contributed by atoms with van der Waals surface area (Å²) >= 11 is 0. The zero-order chi connectivity index (χ0) is 16.4. The molecule has 0 saturated heterocycles. The molecule has 8 nitrogen and oxygen atoms in total. The van der Waals surface area contributed by atoms with Gasteiger partial charge in [-0.1, -0.05) is 13.8 Å². The average Bonchev–Trinajstić information content (AvgIpc) is 2.89. The average molecular weight is 327 g/mol. The van der Waals surface area contributed by atoms with Crippen LogP contribution >= 0.6 is 0 Å². The third-order valence-corrected chi connectivity index (χ3v) is 4.97. The van der Waals surface area contributed by atoms with Crippen molar-refractivity contribution in [3.8, 4) is 5.88 Å². The lowest BCUT2D eigenvalue weighted by Gasteiger charge is -2.30. The number of ether oxygens (including phenoxy) is 1. The highest BCUT2D eigenvalue weighted by Gasteiger charge is 2.32. The molecule has 2 aromatic rings. The molecule has 2 heterocycles. The van der Waals surface area contributed by atoms with Crippen LogP contribution in [0.25, 0.3) is 5.65 Å². The van der Waals surface area contributed by atoms with Crippen molar-refractivity contribution in [2.45, 2.75) is 33.6 Å². The Kier molecular flexibility index (Phi) is 4.66. The van der Waals surface area contributed by atoms with Gasteiger partial charge in [-0.15, -0.1) is 15.3 Å². The Morgan fingerprint density at radius 3 is 2.64 bits per heavy atom. The van der Waals surface area contributed by atoms with Crippen molar-refractivity contribution in [3.63, 3.8) is 0 Å². The molecule has 122 valence electrons. The fourth-order valence-corrected chi connectivity index (χ4v) is 3.68. The number of sulfonamides is 1. The van der Waals surface area contributed by atoms with Gasteiger partial charge in [-0.2, -0.15) is 4.52 Å². The van der Waals surface area contributed by atoms with Crippen LogP contribution in [-0.2, 0) is 10.0 Å². The highest BCUT2D eigenvalue weighted by molar-refractivity contribution is 7.89. The van der Waals surface area contributed by atoms with Gasteiger partial charge in [0.1, 0.15) is 6.33 Å². The molecule has 0 bridgehead atoms. The van der Waals surface area contributed by atoms with Crippen molar-refractivity contribution in [1.29, 1.82) is 0 Å². The van der Waals surface area contributed by atoms with Crippen LogP contribution in [0, 0.1) is 12.3 Å². The Morgan fingerprint density at radius 1 is 1.36 bits per heavy atom. The number of nitrogens with zero attached hydrogens (tertiary/aromatic N) is 4. The Bertz CT molecular complexity index is 752. The van der Waals surface area contributed by atoms with Crippen LogP contribution in [-0.4, -0.2) is 40.6 Å². The van der Waals surface area contributed by atoms with E-state index in [2.05, 4.69) is 15.3 Å². The van der Waals surface area contributed by atoms with E-state index >= 15 is 0 Å². The summed E-state index contributed by atoms with van der Waals surface area (Å²) in [7, 11) is -3.57. The highest BCUT2D eigenvalue weighted by Crippen LogP contribution is 2.29. The van der Waals surface area contributed by atoms with Gasteiger partial charge >= 0.3 is 0 Å². The standard InChI is InChI=1S/C13H21N5O3S/c1-4-13(5-2,8-22(14,19)20)7-21-12-10(3)6-11-16-15-9-18(11)17-12/h6,9H,4-5,7-8H2,1-3H3,(H2,14,19,20). The zero-order valence-electron chi connectivity index (χ0n) is 13.0. The monoisotopic (exact) mass is 327 g/mol. The number of primary sulfonamides is 1. The molecule has 2 aromatic heterocycles. The normalized spacial score (nSPS) is 12.7. The number of hydrogen-bond acceptors (Lipinski definition) is 6. The molecule has 0 radical (unpaired) electrons. The summed E-state index contributed by atoms with van der Waals surface area (Å²) in [5, 5.41) is 17.2. The van der Waals surface area contributed by atoms with E-state index in [0.29, 0.717) is 24.4 Å². The minimum atomic E-state index is -3.57. The lowest BCUT2D eigenvalue weighted by atomic mass is 9.85. The molecule has 0 aromatic carbocycles. The fraction of sp³-hybridized carbons (Fsp3) is 0.615. The first kappa shape index (κ1) is 16.6. The van der Waals surface area contributed by atoms with E-state index in [1.54, 1.807) is 0 Å². The third-order valence-electron chi connectivity index (χ3n) is 3.96. The van der Waals surface area contributed by atoms with Crippen LogP contribution in [0.2, 0.25) is 0 Å². The van der Waals surface area contributed by atoms with E-state index in [1.165, 1.54) is 10.8 Å². The molecule has 0 saturated carbocycles. The van der Waals surface area contributed by atoms with Crippen molar-refractivity contribution in [1.82, 2.24) is 19.8 Å². The molecule has 9 heteroatoms. The molecule has 0 aliphatic heterocycles. The lowest BCUT2D eigenvalue weighted by molar-refractivity contribution is 0.147. The smallest absolute Gasteiger partial charge is 0.234 e. The maximum Gasteiger partial charge on any atom is 0.234 e. The van der Waals surface area contributed by atoms with E-state index in [9.17, 15) is 8.42 Å². The van der Waals surface area contributed by atoms with Crippen LogP contribution in [0.15, 0.2) is 12.4 Å². The van der Waals surface area contributed by atoms with Crippen LogP contribution in [0.1, 0.15) is 32.3 Å². The van der Waals surface area contributed by atoms with Crippen molar-refractivity contribution in [3.05, 3.63) is 18.0 Å². The predicted octanol–water partition coefficient (Wildman–Crippen LogP) is 0.906. The molecule has 0 atom stereocenters. The second kappa shape index (κ2) is 6.17. The number of fused-ring (bicyclic) bond motifs is 1. The van der Waals surface area contributed by atoms with Crippen LogP contribution in [0.5, 0.6) is 5.88 Å². The first-order valence-electron chi connectivity index (χ1n) is 7.09. The summed E-state index contributed by atoms with van der Waals surface area (Å²) in [5.41, 5.74) is 0.924. The van der Waals surface area contributed by atoms with Gasteiger partial charge in [0.15, 0.2) is 5.65 Å². The number of aryl methyl sites for hydroxylation is 1. The van der Waals surface area contributed by atoms with Gasteiger partial charge in [-0.25, -0.2) is 13.6 Å². The number of aromatic nitrogens is 4. The molecule has 2 rings (SSSR count). The molecule has 0 aliphatic carbocycles. The highest BCUT2D eigenvalue weighted by atomic mass is 32.2. The molecule has 22 heavy (non-hydrogen) atoms. The summed E-state index contributed by atoms with van der Waals surface area (Å²) in [5.74, 6) is 0.328. The lowest BCUT2D eigenvalue weighted by Crippen LogP contribution is -2.38. The van der Waals surface area contributed by atoms with Gasteiger partial charge in [-0.05, 0) is 25.8 Å². The molecule has 0 spiro atoms. The second-order valence-electron chi connectivity index (χ2n) is 5.57. The summed E-state index contributed by atoms with van der Waals surface area (Å²) in [6, 6.07) is 1.81. The topological polar surface area (TPSA) is 112 Å². The summed E-state index contributed by atoms with van der Waals surface area (Å²) in [6.45, 7) is 5.96. The quantitative estimate of drug-likeness (QED) is 0.808. The predicted molar refractivity (Wildman–Crippen MR) is 82.0 cm³/mol. The van der Waals surface area contributed by atoms with Crippen molar-refractivity contribution in [2.24, 2.45) is 10.6 Å². The first-order chi connectivity index (χ1) is 10.3. The van der Waals surface area contributed by atoms with Gasteiger partial charge in [0.25, 0.3) is 0 Å². The van der Waals surface area contributed by atoms with E-state index in [1.807, 2.05) is 26.8 Å². The van der Waals surface area contributed by atoms with E-state index < -0.39 is 15.4 Å². The minimum absolute atomic E-state index is 0.110. The summed E-state index contributed by atoms with van der Waals surface area (Å²) < 4.78 is 30.3. The molecule has 2 N–H and O–H groups in total. The third kappa shape index (κ3) is 3.72. The molecule has 0 unspecified atom stereocenters. The summed E-state index contributed by atoms with van der Waals surface area (Å²) in [6.07, 6.45) is 2.78.